The predicted molar refractivity (Wildman–Crippen MR) is 130 cm³/mol. The minimum absolute atomic E-state index is 0.0722. The van der Waals surface area contributed by atoms with E-state index in [2.05, 4.69) is 55.5 Å². The molecule has 3 aromatic rings. The lowest BCUT2D eigenvalue weighted by molar-refractivity contribution is 0.0955. The molecule has 33 heavy (non-hydrogen) atoms. The van der Waals surface area contributed by atoms with E-state index >= 15 is 0 Å². The predicted octanol–water partition coefficient (Wildman–Crippen LogP) is 3.01. The fraction of sp³-hybridized carbons (Fsp3) is 0.320. The van der Waals surface area contributed by atoms with Crippen molar-refractivity contribution in [2.24, 2.45) is 0 Å². The first-order chi connectivity index (χ1) is 16.2. The van der Waals surface area contributed by atoms with Crippen molar-refractivity contribution in [2.75, 3.05) is 37.4 Å². The number of nitrogens with zero attached hydrogens (tertiary/aromatic N) is 2. The van der Waals surface area contributed by atoms with Crippen molar-refractivity contribution in [2.45, 2.75) is 25.4 Å². The molecule has 0 saturated carbocycles. The van der Waals surface area contributed by atoms with Crippen LogP contribution in [0, 0.1) is 0 Å². The average Bonchev–Trinajstić information content (AvgIpc) is 2.87. The molecule has 8 nitrogen and oxygen atoms in total. The highest BCUT2D eigenvalue weighted by Crippen LogP contribution is 2.29. The zero-order valence-corrected chi connectivity index (χ0v) is 19.0. The molecule has 0 saturated heterocycles. The van der Waals surface area contributed by atoms with Crippen LogP contribution in [0.4, 0.5) is 11.5 Å². The Kier molecular flexibility index (Phi) is 7.36. The van der Waals surface area contributed by atoms with Crippen molar-refractivity contribution in [1.29, 1.82) is 0 Å². The van der Waals surface area contributed by atoms with Crippen LogP contribution >= 0.6 is 0 Å². The summed E-state index contributed by atoms with van der Waals surface area (Å²) in [6.45, 7) is 3.98. The molecule has 1 aliphatic rings. The fourth-order valence-corrected chi connectivity index (χ4v) is 3.95. The van der Waals surface area contributed by atoms with Gasteiger partial charge >= 0.3 is 0 Å². The van der Waals surface area contributed by atoms with Gasteiger partial charge < -0.3 is 26.0 Å². The number of benzene rings is 1. The van der Waals surface area contributed by atoms with E-state index in [1.165, 1.54) is 5.56 Å². The average molecular weight is 447 g/mol. The van der Waals surface area contributed by atoms with E-state index in [1.54, 1.807) is 13.3 Å². The molecule has 0 bridgehead atoms. The third-order valence-electron chi connectivity index (χ3n) is 5.67. The van der Waals surface area contributed by atoms with E-state index in [9.17, 15) is 4.79 Å². The van der Waals surface area contributed by atoms with Crippen LogP contribution in [-0.2, 0) is 6.42 Å². The van der Waals surface area contributed by atoms with Crippen LogP contribution in [0.15, 0.2) is 60.9 Å². The molecule has 0 radical (unpaired) electrons. The highest BCUT2D eigenvalue weighted by atomic mass is 16.5. The molecule has 2 atom stereocenters. The van der Waals surface area contributed by atoms with E-state index in [0.717, 1.165) is 30.0 Å². The van der Waals surface area contributed by atoms with Gasteiger partial charge in [0.05, 0.1) is 30.4 Å². The molecular formula is C25H30N6O2. The standard InChI is InChI=1S/C25H30N6O2/c1-3-26-25(32)19-13-20-24(30-15-19)31-21(16-28-20)23(18-7-5-4-6-8-18)27-12-11-17-9-10-22(33-2)29-14-17/h4-10,13-15,21,23,27-28H,3,11-12,16H2,1-2H3,(H,26,32)(H,30,31)/t21-,23-/m1/s1. The first kappa shape index (κ1) is 22.5. The maximum atomic E-state index is 12.1. The van der Waals surface area contributed by atoms with Crippen LogP contribution in [0.5, 0.6) is 5.88 Å². The third-order valence-corrected chi connectivity index (χ3v) is 5.67. The second-order valence-corrected chi connectivity index (χ2v) is 7.91. The smallest absolute Gasteiger partial charge is 0.252 e. The number of anilines is 2. The number of amides is 1. The summed E-state index contributed by atoms with van der Waals surface area (Å²) < 4.78 is 5.14. The van der Waals surface area contributed by atoms with Crippen LogP contribution in [0.1, 0.15) is 34.5 Å². The molecule has 8 heteroatoms. The number of fused-ring (bicyclic) bond motifs is 1. The zero-order valence-electron chi connectivity index (χ0n) is 19.0. The molecule has 0 spiro atoms. The topological polar surface area (TPSA) is 100 Å². The molecule has 1 aromatic carbocycles. The van der Waals surface area contributed by atoms with Gasteiger partial charge in [0, 0.05) is 31.5 Å². The first-order valence-corrected chi connectivity index (χ1v) is 11.2. The monoisotopic (exact) mass is 446 g/mol. The molecule has 3 heterocycles. The molecule has 0 unspecified atom stereocenters. The van der Waals surface area contributed by atoms with Crippen molar-refractivity contribution in [3.8, 4) is 5.88 Å². The van der Waals surface area contributed by atoms with Crippen LogP contribution in [0.3, 0.4) is 0 Å². The summed E-state index contributed by atoms with van der Waals surface area (Å²) in [6, 6.07) is 16.3. The van der Waals surface area contributed by atoms with Crippen molar-refractivity contribution >= 4 is 17.4 Å². The number of methoxy groups -OCH3 is 1. The van der Waals surface area contributed by atoms with Crippen molar-refractivity contribution in [3.63, 3.8) is 0 Å². The molecule has 0 aliphatic carbocycles. The van der Waals surface area contributed by atoms with Gasteiger partial charge in [-0.15, -0.1) is 0 Å². The Hall–Kier alpha value is -3.65. The van der Waals surface area contributed by atoms with Crippen LogP contribution in [0.2, 0.25) is 0 Å². The van der Waals surface area contributed by atoms with Crippen molar-refractivity contribution in [1.82, 2.24) is 20.6 Å². The first-order valence-electron chi connectivity index (χ1n) is 11.2. The molecule has 1 aliphatic heterocycles. The summed E-state index contributed by atoms with van der Waals surface area (Å²) in [4.78, 5) is 20.9. The Morgan fingerprint density at radius 2 is 2.03 bits per heavy atom. The van der Waals surface area contributed by atoms with Gasteiger partial charge in [0.2, 0.25) is 5.88 Å². The number of aromatic nitrogens is 2. The molecule has 4 rings (SSSR count). The number of carbonyl (C=O) groups is 1. The number of hydrogen-bond acceptors (Lipinski definition) is 7. The maximum absolute atomic E-state index is 12.1. The van der Waals surface area contributed by atoms with Crippen molar-refractivity contribution < 1.29 is 9.53 Å². The summed E-state index contributed by atoms with van der Waals surface area (Å²) in [6.07, 6.45) is 4.32. The number of hydrogen-bond donors (Lipinski definition) is 4. The Balaban J connectivity index is 1.46. The lowest BCUT2D eigenvalue weighted by Gasteiger charge is -2.34. The summed E-state index contributed by atoms with van der Waals surface area (Å²) in [5.41, 5.74) is 3.74. The van der Waals surface area contributed by atoms with Gasteiger partial charge in [-0.05, 0) is 37.1 Å². The SMILES string of the molecule is CCNC(=O)c1cnc2c(c1)NC[C@H]([C@H](NCCc1ccc(OC)nc1)c1ccccc1)N2. The lowest BCUT2D eigenvalue weighted by Crippen LogP contribution is -2.44. The number of nitrogens with one attached hydrogen (secondary N) is 4. The summed E-state index contributed by atoms with van der Waals surface area (Å²) in [5, 5.41) is 13.5. The van der Waals surface area contributed by atoms with E-state index in [0.29, 0.717) is 24.5 Å². The molecule has 0 fully saturated rings. The normalized spacial score (nSPS) is 15.5. The number of carbonyl (C=O) groups excluding carboxylic acids is 1. The van der Waals surface area contributed by atoms with Gasteiger partial charge in [-0.3, -0.25) is 4.79 Å². The Morgan fingerprint density at radius 3 is 2.76 bits per heavy atom. The second kappa shape index (κ2) is 10.8. The second-order valence-electron chi connectivity index (χ2n) is 7.91. The van der Waals surface area contributed by atoms with Crippen molar-refractivity contribution in [3.05, 3.63) is 77.6 Å². The summed E-state index contributed by atoms with van der Waals surface area (Å²) in [7, 11) is 1.62. The zero-order chi connectivity index (χ0) is 23.0. The van der Waals surface area contributed by atoms with Crippen LogP contribution in [-0.4, -0.2) is 48.7 Å². The van der Waals surface area contributed by atoms with Gasteiger partial charge in [0.25, 0.3) is 5.91 Å². The minimum atomic E-state index is -0.117. The highest BCUT2D eigenvalue weighted by Gasteiger charge is 2.27. The molecule has 4 N–H and O–H groups in total. The van der Waals surface area contributed by atoms with Crippen LogP contribution < -0.4 is 26.0 Å². The molecule has 1 amide bonds. The minimum Gasteiger partial charge on any atom is -0.481 e. The quantitative estimate of drug-likeness (QED) is 0.401. The molecular weight excluding hydrogens is 416 g/mol. The number of rotatable bonds is 9. The Labute approximate surface area is 194 Å². The van der Waals surface area contributed by atoms with E-state index < -0.39 is 0 Å². The van der Waals surface area contributed by atoms with Gasteiger partial charge in [0.15, 0.2) is 0 Å². The summed E-state index contributed by atoms with van der Waals surface area (Å²) >= 11 is 0. The van der Waals surface area contributed by atoms with Gasteiger partial charge in [0.1, 0.15) is 5.82 Å². The molecule has 2 aromatic heterocycles. The summed E-state index contributed by atoms with van der Waals surface area (Å²) in [5.74, 6) is 1.25. The fourth-order valence-electron chi connectivity index (χ4n) is 3.95. The largest absolute Gasteiger partial charge is 0.481 e. The van der Waals surface area contributed by atoms with E-state index in [-0.39, 0.29) is 18.0 Å². The number of ether oxygens (including phenoxy) is 1. The molecule has 172 valence electrons. The van der Waals surface area contributed by atoms with E-state index in [4.69, 9.17) is 4.74 Å². The van der Waals surface area contributed by atoms with Gasteiger partial charge in [-0.2, -0.15) is 0 Å². The highest BCUT2D eigenvalue weighted by molar-refractivity contribution is 5.95. The maximum Gasteiger partial charge on any atom is 0.252 e. The van der Waals surface area contributed by atoms with Gasteiger partial charge in [-0.25, -0.2) is 9.97 Å². The number of pyridine rings is 2. The Bertz CT molecular complexity index is 1060. The Morgan fingerprint density at radius 1 is 1.18 bits per heavy atom. The van der Waals surface area contributed by atoms with Crippen LogP contribution in [0.25, 0.3) is 0 Å². The van der Waals surface area contributed by atoms with Gasteiger partial charge in [-0.1, -0.05) is 36.4 Å². The lowest BCUT2D eigenvalue weighted by atomic mass is 9.97. The third kappa shape index (κ3) is 5.59. The van der Waals surface area contributed by atoms with E-state index in [1.807, 2.05) is 37.4 Å².